The number of carboxylic acid groups (broad SMARTS) is 1. The molecule has 6 nitrogen and oxygen atoms in total. The largest absolute Gasteiger partial charge is 0.478 e. The zero-order valence-corrected chi connectivity index (χ0v) is 9.21. The number of rotatable bonds is 5. The summed E-state index contributed by atoms with van der Waals surface area (Å²) in [6, 6.07) is 3.38. The van der Waals surface area contributed by atoms with E-state index in [0.717, 1.165) is 6.07 Å². The summed E-state index contributed by atoms with van der Waals surface area (Å²) in [4.78, 5) is 21.0. The summed E-state index contributed by atoms with van der Waals surface area (Å²) in [6.45, 7) is 5.31. The first-order valence-corrected chi connectivity index (χ1v) is 4.86. The Morgan fingerprint density at radius 2 is 2.29 bits per heavy atom. The minimum Gasteiger partial charge on any atom is -0.478 e. The lowest BCUT2D eigenvalue weighted by molar-refractivity contribution is -0.384. The number of nitro benzene ring substituents is 1. The standard InChI is InChI=1S/C11H12N2O4/c1-3-7(2)12-10-6-8(13(16)17)4-5-9(10)11(14)15/h3-7,12H,1H2,2H3,(H,14,15). The molecule has 1 aromatic rings. The summed E-state index contributed by atoms with van der Waals surface area (Å²) in [5, 5.41) is 22.4. The smallest absolute Gasteiger partial charge is 0.337 e. The summed E-state index contributed by atoms with van der Waals surface area (Å²) >= 11 is 0. The fraction of sp³-hybridized carbons (Fsp3) is 0.182. The van der Waals surface area contributed by atoms with Crippen LogP contribution in [0.25, 0.3) is 0 Å². The lowest BCUT2D eigenvalue weighted by Crippen LogP contribution is -2.14. The molecule has 0 bridgehead atoms. The number of nitrogens with one attached hydrogen (secondary N) is 1. The van der Waals surface area contributed by atoms with Gasteiger partial charge in [0.2, 0.25) is 0 Å². The molecule has 1 aromatic carbocycles. The van der Waals surface area contributed by atoms with E-state index in [1.165, 1.54) is 12.1 Å². The molecule has 1 rings (SSSR count). The van der Waals surface area contributed by atoms with Crippen LogP contribution in [-0.2, 0) is 0 Å². The third-order valence-corrected chi connectivity index (χ3v) is 2.18. The van der Waals surface area contributed by atoms with Crippen LogP contribution in [0.15, 0.2) is 30.9 Å². The molecule has 0 aliphatic carbocycles. The van der Waals surface area contributed by atoms with E-state index in [0.29, 0.717) is 0 Å². The Hall–Kier alpha value is -2.37. The molecule has 0 fully saturated rings. The van der Waals surface area contributed by atoms with E-state index in [1.54, 1.807) is 13.0 Å². The second-order valence-corrected chi connectivity index (χ2v) is 3.46. The van der Waals surface area contributed by atoms with Crippen molar-refractivity contribution >= 4 is 17.3 Å². The summed E-state index contributed by atoms with van der Waals surface area (Å²) in [7, 11) is 0. The van der Waals surface area contributed by atoms with Crippen LogP contribution < -0.4 is 5.32 Å². The molecule has 2 N–H and O–H groups in total. The zero-order valence-electron chi connectivity index (χ0n) is 9.21. The summed E-state index contributed by atoms with van der Waals surface area (Å²) in [6.07, 6.45) is 1.57. The predicted molar refractivity (Wildman–Crippen MR) is 63.3 cm³/mol. The molecule has 0 heterocycles. The van der Waals surface area contributed by atoms with Gasteiger partial charge in [-0.15, -0.1) is 6.58 Å². The van der Waals surface area contributed by atoms with Crippen molar-refractivity contribution in [2.24, 2.45) is 0 Å². The molecule has 6 heteroatoms. The monoisotopic (exact) mass is 236 g/mol. The van der Waals surface area contributed by atoms with E-state index in [-0.39, 0.29) is 23.0 Å². The molecular weight excluding hydrogens is 224 g/mol. The van der Waals surface area contributed by atoms with Gasteiger partial charge in [-0.2, -0.15) is 0 Å². The maximum absolute atomic E-state index is 10.9. The predicted octanol–water partition coefficient (Wildman–Crippen LogP) is 2.28. The van der Waals surface area contributed by atoms with Crippen molar-refractivity contribution in [2.75, 3.05) is 5.32 Å². The number of nitro groups is 1. The molecule has 0 aromatic heterocycles. The second-order valence-electron chi connectivity index (χ2n) is 3.46. The molecule has 0 saturated carbocycles. The molecule has 0 amide bonds. The number of anilines is 1. The van der Waals surface area contributed by atoms with E-state index in [1.807, 2.05) is 0 Å². The summed E-state index contributed by atoms with van der Waals surface area (Å²) < 4.78 is 0. The average molecular weight is 236 g/mol. The molecule has 17 heavy (non-hydrogen) atoms. The lowest BCUT2D eigenvalue weighted by Gasteiger charge is -2.12. The van der Waals surface area contributed by atoms with Crippen molar-refractivity contribution in [2.45, 2.75) is 13.0 Å². The van der Waals surface area contributed by atoms with Crippen molar-refractivity contribution < 1.29 is 14.8 Å². The second kappa shape index (κ2) is 5.11. The highest BCUT2D eigenvalue weighted by Gasteiger charge is 2.15. The van der Waals surface area contributed by atoms with Gasteiger partial charge in [0.1, 0.15) is 0 Å². The molecule has 0 radical (unpaired) electrons. The Kier molecular flexibility index (Phi) is 3.82. The number of carboxylic acids is 1. The zero-order chi connectivity index (χ0) is 13.0. The van der Waals surface area contributed by atoms with Gasteiger partial charge < -0.3 is 10.4 Å². The molecule has 1 unspecified atom stereocenters. The van der Waals surface area contributed by atoms with Crippen molar-refractivity contribution in [1.29, 1.82) is 0 Å². The van der Waals surface area contributed by atoms with Crippen molar-refractivity contribution in [3.63, 3.8) is 0 Å². The van der Waals surface area contributed by atoms with Crippen LogP contribution in [-0.4, -0.2) is 22.0 Å². The van der Waals surface area contributed by atoms with Gasteiger partial charge in [-0.25, -0.2) is 4.79 Å². The van der Waals surface area contributed by atoms with Gasteiger partial charge in [0.15, 0.2) is 0 Å². The van der Waals surface area contributed by atoms with E-state index in [4.69, 9.17) is 5.11 Å². The molecule has 0 spiro atoms. The fourth-order valence-corrected chi connectivity index (χ4v) is 1.26. The Morgan fingerprint density at radius 1 is 1.65 bits per heavy atom. The number of benzene rings is 1. The maximum Gasteiger partial charge on any atom is 0.337 e. The third kappa shape index (κ3) is 3.04. The SMILES string of the molecule is C=CC(C)Nc1cc([N+](=O)[O-])ccc1C(=O)O. The average Bonchev–Trinajstić information content (AvgIpc) is 2.28. The van der Waals surface area contributed by atoms with Gasteiger partial charge in [0, 0.05) is 18.2 Å². The number of hydrogen-bond donors (Lipinski definition) is 2. The van der Waals surface area contributed by atoms with E-state index in [9.17, 15) is 14.9 Å². The van der Waals surface area contributed by atoms with Gasteiger partial charge in [-0.05, 0) is 13.0 Å². The van der Waals surface area contributed by atoms with Crippen LogP contribution in [0.1, 0.15) is 17.3 Å². The summed E-state index contributed by atoms with van der Waals surface area (Å²) in [5.41, 5.74) is 0.0390. The van der Waals surface area contributed by atoms with Gasteiger partial charge in [0.25, 0.3) is 5.69 Å². The quantitative estimate of drug-likeness (QED) is 0.464. The van der Waals surface area contributed by atoms with Crippen LogP contribution >= 0.6 is 0 Å². The van der Waals surface area contributed by atoms with Crippen LogP contribution in [0.2, 0.25) is 0 Å². The molecular formula is C11H12N2O4. The van der Waals surface area contributed by atoms with Crippen molar-refractivity contribution in [3.05, 3.63) is 46.5 Å². The highest BCUT2D eigenvalue weighted by Crippen LogP contribution is 2.23. The highest BCUT2D eigenvalue weighted by molar-refractivity contribution is 5.94. The number of hydrogen-bond acceptors (Lipinski definition) is 4. The Labute approximate surface area is 97.7 Å². The number of carbonyl (C=O) groups is 1. The fourth-order valence-electron chi connectivity index (χ4n) is 1.26. The molecule has 0 saturated heterocycles. The number of nitrogens with zero attached hydrogens (tertiary/aromatic N) is 1. The van der Waals surface area contributed by atoms with E-state index >= 15 is 0 Å². The van der Waals surface area contributed by atoms with Gasteiger partial charge in [0.05, 0.1) is 16.2 Å². The topological polar surface area (TPSA) is 92.5 Å². The van der Waals surface area contributed by atoms with E-state index < -0.39 is 10.9 Å². The first-order chi connectivity index (χ1) is 7.95. The minimum absolute atomic E-state index is 0.00991. The van der Waals surface area contributed by atoms with E-state index in [2.05, 4.69) is 11.9 Å². The van der Waals surface area contributed by atoms with Crippen LogP contribution in [0.3, 0.4) is 0 Å². The number of non-ortho nitro benzene ring substituents is 1. The molecule has 0 aliphatic rings. The first-order valence-electron chi connectivity index (χ1n) is 4.86. The van der Waals surface area contributed by atoms with Gasteiger partial charge in [-0.3, -0.25) is 10.1 Å². The molecule has 90 valence electrons. The van der Waals surface area contributed by atoms with Crippen molar-refractivity contribution in [1.82, 2.24) is 0 Å². The van der Waals surface area contributed by atoms with Crippen LogP contribution in [0.5, 0.6) is 0 Å². The highest BCUT2D eigenvalue weighted by atomic mass is 16.6. The first kappa shape index (κ1) is 12.7. The van der Waals surface area contributed by atoms with Crippen LogP contribution in [0.4, 0.5) is 11.4 Å². The normalized spacial score (nSPS) is 11.6. The number of aromatic carboxylic acids is 1. The van der Waals surface area contributed by atoms with Crippen LogP contribution in [0, 0.1) is 10.1 Å². The minimum atomic E-state index is -1.14. The molecule has 0 aliphatic heterocycles. The Bertz CT molecular complexity index is 471. The van der Waals surface area contributed by atoms with Gasteiger partial charge >= 0.3 is 5.97 Å². The van der Waals surface area contributed by atoms with Gasteiger partial charge in [-0.1, -0.05) is 6.08 Å². The summed E-state index contributed by atoms with van der Waals surface area (Å²) in [5.74, 6) is -1.14. The third-order valence-electron chi connectivity index (χ3n) is 2.18. The van der Waals surface area contributed by atoms with Crippen molar-refractivity contribution in [3.8, 4) is 0 Å². The maximum atomic E-state index is 10.9. The Balaban J connectivity index is 3.20. The lowest BCUT2D eigenvalue weighted by atomic mass is 10.1. The Morgan fingerprint density at radius 3 is 2.76 bits per heavy atom. The molecule has 1 atom stereocenters.